The highest BCUT2D eigenvalue weighted by Crippen LogP contribution is 2.28. The zero-order chi connectivity index (χ0) is 14.5. The van der Waals surface area contributed by atoms with E-state index in [1.54, 1.807) is 14.2 Å². The maximum Gasteiger partial charge on any atom is 0.161 e. The first kappa shape index (κ1) is 15.1. The largest absolute Gasteiger partial charge is 0.493 e. The first-order valence-electron chi connectivity index (χ1n) is 7.19. The smallest absolute Gasteiger partial charge is 0.161 e. The maximum absolute atomic E-state index is 5.80. The number of nitrogens with zero attached hydrogens (tertiary/aromatic N) is 1. The highest BCUT2D eigenvalue weighted by Gasteiger charge is 2.23. The van der Waals surface area contributed by atoms with Crippen LogP contribution in [0.25, 0.3) is 0 Å². The average molecular weight is 279 g/mol. The molecule has 4 nitrogen and oxygen atoms in total. The van der Waals surface area contributed by atoms with E-state index in [0.717, 1.165) is 37.7 Å². The van der Waals surface area contributed by atoms with Gasteiger partial charge in [0.05, 0.1) is 26.9 Å². The molecule has 0 aromatic heterocycles. The number of rotatable bonds is 5. The number of hydrogen-bond donors (Lipinski definition) is 0. The van der Waals surface area contributed by atoms with Gasteiger partial charge in [0.1, 0.15) is 0 Å². The summed E-state index contributed by atoms with van der Waals surface area (Å²) >= 11 is 0. The van der Waals surface area contributed by atoms with Gasteiger partial charge >= 0.3 is 0 Å². The van der Waals surface area contributed by atoms with Crippen LogP contribution in [-0.2, 0) is 11.3 Å². The lowest BCUT2D eigenvalue weighted by Crippen LogP contribution is -2.44. The van der Waals surface area contributed by atoms with E-state index in [4.69, 9.17) is 14.2 Å². The van der Waals surface area contributed by atoms with Crippen molar-refractivity contribution >= 4 is 0 Å². The highest BCUT2D eigenvalue weighted by atomic mass is 16.5. The third kappa shape index (κ3) is 3.64. The summed E-state index contributed by atoms with van der Waals surface area (Å²) in [4.78, 5) is 2.44. The number of morpholine rings is 1. The van der Waals surface area contributed by atoms with Crippen molar-refractivity contribution in [3.63, 3.8) is 0 Å². The molecule has 1 saturated heterocycles. The summed E-state index contributed by atoms with van der Waals surface area (Å²) < 4.78 is 16.4. The molecule has 0 unspecified atom stereocenters. The van der Waals surface area contributed by atoms with Crippen LogP contribution in [0.15, 0.2) is 18.2 Å². The second-order valence-corrected chi connectivity index (χ2v) is 5.58. The van der Waals surface area contributed by atoms with Gasteiger partial charge in [-0.3, -0.25) is 4.90 Å². The van der Waals surface area contributed by atoms with Crippen LogP contribution in [0.4, 0.5) is 0 Å². The molecule has 112 valence electrons. The van der Waals surface area contributed by atoms with E-state index in [1.807, 2.05) is 6.07 Å². The van der Waals surface area contributed by atoms with E-state index >= 15 is 0 Å². The second-order valence-electron chi connectivity index (χ2n) is 5.58. The fourth-order valence-corrected chi connectivity index (χ4v) is 2.52. The van der Waals surface area contributed by atoms with E-state index in [1.165, 1.54) is 5.56 Å². The zero-order valence-corrected chi connectivity index (χ0v) is 12.9. The maximum atomic E-state index is 5.80. The molecular weight excluding hydrogens is 254 g/mol. The molecule has 20 heavy (non-hydrogen) atoms. The van der Waals surface area contributed by atoms with Crippen molar-refractivity contribution < 1.29 is 14.2 Å². The minimum atomic E-state index is 0.337. The molecule has 1 aliphatic rings. The third-order valence-electron chi connectivity index (χ3n) is 3.78. The van der Waals surface area contributed by atoms with Crippen molar-refractivity contribution in [2.24, 2.45) is 5.92 Å². The quantitative estimate of drug-likeness (QED) is 0.829. The minimum Gasteiger partial charge on any atom is -0.493 e. The summed E-state index contributed by atoms with van der Waals surface area (Å²) in [6, 6.07) is 6.12. The summed E-state index contributed by atoms with van der Waals surface area (Å²) in [7, 11) is 3.33. The summed E-state index contributed by atoms with van der Waals surface area (Å²) in [6.45, 7) is 8.14. The Kier molecular flexibility index (Phi) is 5.26. The Morgan fingerprint density at radius 3 is 2.65 bits per heavy atom. The van der Waals surface area contributed by atoms with Gasteiger partial charge in [0.25, 0.3) is 0 Å². The predicted octanol–water partition coefficient (Wildman–Crippen LogP) is 2.56. The molecule has 1 aromatic carbocycles. The fraction of sp³-hybridized carbons (Fsp3) is 0.625. The highest BCUT2D eigenvalue weighted by molar-refractivity contribution is 5.42. The summed E-state index contributed by atoms with van der Waals surface area (Å²) in [5.41, 5.74) is 1.24. The molecule has 0 saturated carbocycles. The van der Waals surface area contributed by atoms with Crippen LogP contribution in [-0.4, -0.2) is 44.9 Å². The van der Waals surface area contributed by atoms with Gasteiger partial charge in [-0.1, -0.05) is 19.9 Å². The Bertz CT molecular complexity index is 434. The van der Waals surface area contributed by atoms with Crippen LogP contribution in [0.1, 0.15) is 19.4 Å². The van der Waals surface area contributed by atoms with Crippen molar-refractivity contribution in [3.8, 4) is 11.5 Å². The number of ether oxygens (including phenoxy) is 3. The number of benzene rings is 1. The van der Waals surface area contributed by atoms with E-state index < -0.39 is 0 Å². The van der Waals surface area contributed by atoms with E-state index in [9.17, 15) is 0 Å². The van der Waals surface area contributed by atoms with Gasteiger partial charge in [0.2, 0.25) is 0 Å². The zero-order valence-electron chi connectivity index (χ0n) is 12.9. The van der Waals surface area contributed by atoms with Gasteiger partial charge < -0.3 is 14.2 Å². The number of hydrogen-bond acceptors (Lipinski definition) is 4. The summed E-state index contributed by atoms with van der Waals surface area (Å²) in [6.07, 6.45) is 0.337. The Morgan fingerprint density at radius 1 is 1.25 bits per heavy atom. The van der Waals surface area contributed by atoms with Crippen molar-refractivity contribution in [2.75, 3.05) is 33.9 Å². The third-order valence-corrected chi connectivity index (χ3v) is 3.78. The molecule has 0 radical (unpaired) electrons. The van der Waals surface area contributed by atoms with Crippen LogP contribution >= 0.6 is 0 Å². The van der Waals surface area contributed by atoms with Crippen molar-refractivity contribution in [1.29, 1.82) is 0 Å². The molecule has 0 N–H and O–H groups in total. The van der Waals surface area contributed by atoms with Crippen molar-refractivity contribution in [3.05, 3.63) is 23.8 Å². The fourth-order valence-electron chi connectivity index (χ4n) is 2.52. The van der Waals surface area contributed by atoms with Gasteiger partial charge in [0, 0.05) is 19.6 Å². The van der Waals surface area contributed by atoms with Gasteiger partial charge in [-0.2, -0.15) is 0 Å². The van der Waals surface area contributed by atoms with Crippen LogP contribution in [0, 0.1) is 5.92 Å². The van der Waals surface area contributed by atoms with Crippen molar-refractivity contribution in [2.45, 2.75) is 26.5 Å². The van der Waals surface area contributed by atoms with Crippen LogP contribution in [0.2, 0.25) is 0 Å². The topological polar surface area (TPSA) is 30.9 Å². The molecule has 1 fully saturated rings. The minimum absolute atomic E-state index is 0.337. The standard InChI is InChI=1S/C16H25NO3/c1-12(2)16-11-17(7-8-20-16)10-13-5-6-14(18-3)15(9-13)19-4/h5-6,9,12,16H,7-8,10-11H2,1-4H3/t16-/m1/s1. The molecule has 0 spiro atoms. The van der Waals surface area contributed by atoms with Crippen molar-refractivity contribution in [1.82, 2.24) is 4.90 Å². The van der Waals surface area contributed by atoms with Gasteiger partial charge in [0.15, 0.2) is 11.5 Å². The van der Waals surface area contributed by atoms with E-state index in [2.05, 4.69) is 30.9 Å². The molecule has 1 heterocycles. The molecular formula is C16H25NO3. The summed E-state index contributed by atoms with van der Waals surface area (Å²) in [5, 5.41) is 0. The lowest BCUT2D eigenvalue weighted by atomic mass is 10.1. The predicted molar refractivity (Wildman–Crippen MR) is 79.4 cm³/mol. The van der Waals surface area contributed by atoms with Gasteiger partial charge in [-0.25, -0.2) is 0 Å². The Balaban J connectivity index is 2.02. The molecule has 1 aliphatic heterocycles. The average Bonchev–Trinajstić information content (AvgIpc) is 2.47. The molecule has 4 heteroatoms. The first-order valence-corrected chi connectivity index (χ1v) is 7.19. The van der Waals surface area contributed by atoms with Gasteiger partial charge in [-0.15, -0.1) is 0 Å². The molecule has 1 atom stereocenters. The number of methoxy groups -OCH3 is 2. The molecule has 0 aliphatic carbocycles. The Hall–Kier alpha value is -1.26. The van der Waals surface area contributed by atoms with Gasteiger partial charge in [-0.05, 0) is 23.6 Å². The van der Waals surface area contributed by atoms with E-state index in [-0.39, 0.29) is 0 Å². The molecule has 1 aromatic rings. The van der Waals surface area contributed by atoms with Crippen LogP contribution in [0.3, 0.4) is 0 Å². The lowest BCUT2D eigenvalue weighted by molar-refractivity contribution is -0.0529. The Morgan fingerprint density at radius 2 is 2.00 bits per heavy atom. The monoisotopic (exact) mass is 279 g/mol. The van der Waals surface area contributed by atoms with E-state index in [0.29, 0.717) is 12.0 Å². The molecule has 0 amide bonds. The first-order chi connectivity index (χ1) is 9.63. The van der Waals surface area contributed by atoms with Crippen LogP contribution in [0.5, 0.6) is 11.5 Å². The SMILES string of the molecule is COc1ccc(CN2CCO[C@@H](C(C)C)C2)cc1OC. The molecule has 2 rings (SSSR count). The lowest BCUT2D eigenvalue weighted by Gasteiger charge is -2.35. The molecule has 0 bridgehead atoms. The summed E-state index contributed by atoms with van der Waals surface area (Å²) in [5.74, 6) is 2.13. The Labute approximate surface area is 121 Å². The second kappa shape index (κ2) is 6.95. The normalized spacial score (nSPS) is 20.1. The van der Waals surface area contributed by atoms with Crippen LogP contribution < -0.4 is 9.47 Å².